The van der Waals surface area contributed by atoms with E-state index >= 15 is 0 Å². The van der Waals surface area contributed by atoms with Gasteiger partial charge in [0.2, 0.25) is 0 Å². The van der Waals surface area contributed by atoms with E-state index in [-0.39, 0.29) is 12.4 Å². The molecule has 0 aliphatic rings. The lowest BCUT2D eigenvalue weighted by Gasteiger charge is -2.20. The van der Waals surface area contributed by atoms with Gasteiger partial charge >= 0.3 is 5.97 Å². The van der Waals surface area contributed by atoms with Crippen LogP contribution in [0.15, 0.2) is 34.8 Å². The Morgan fingerprint density at radius 2 is 1.96 bits per heavy atom. The molecular formula is C19H19BrFN3O3. The average Bonchev–Trinajstić information content (AvgIpc) is 2.91. The van der Waals surface area contributed by atoms with Crippen molar-refractivity contribution in [3.05, 3.63) is 40.6 Å². The van der Waals surface area contributed by atoms with Crippen molar-refractivity contribution in [3.8, 4) is 17.4 Å². The van der Waals surface area contributed by atoms with Crippen molar-refractivity contribution in [1.82, 2.24) is 14.5 Å². The second-order valence-corrected chi connectivity index (χ2v) is 7.84. The van der Waals surface area contributed by atoms with Gasteiger partial charge in [-0.05, 0) is 51.1 Å². The van der Waals surface area contributed by atoms with Crippen LogP contribution >= 0.6 is 15.9 Å². The quantitative estimate of drug-likeness (QED) is 0.569. The van der Waals surface area contributed by atoms with Gasteiger partial charge < -0.3 is 14.0 Å². The third-order valence-corrected chi connectivity index (χ3v) is 4.15. The first kappa shape index (κ1) is 19.3. The molecule has 0 N–H and O–H groups in total. The Kier molecular flexibility index (Phi) is 5.19. The van der Waals surface area contributed by atoms with Gasteiger partial charge in [-0.1, -0.05) is 15.9 Å². The van der Waals surface area contributed by atoms with Gasteiger partial charge in [0, 0.05) is 4.47 Å². The van der Waals surface area contributed by atoms with E-state index in [1.165, 1.54) is 19.2 Å². The molecule has 0 aliphatic heterocycles. The van der Waals surface area contributed by atoms with Gasteiger partial charge in [-0.2, -0.15) is 0 Å². The fourth-order valence-corrected chi connectivity index (χ4v) is 3.00. The number of carbonyl (C=O) groups is 1. The molecule has 3 rings (SSSR count). The lowest BCUT2D eigenvalue weighted by atomic mass is 10.2. The fourth-order valence-electron chi connectivity index (χ4n) is 2.65. The standard InChI is InChI=1S/C19H19BrFN3O3/c1-19(2,3)27-16(25)10-24-15-8-5-11(20)9-14(15)22-17(24)13-7-6-12(21)18(23-13)26-4/h5-9H,10H2,1-4H3. The van der Waals surface area contributed by atoms with Crippen molar-refractivity contribution in [2.24, 2.45) is 0 Å². The summed E-state index contributed by atoms with van der Waals surface area (Å²) in [6, 6.07) is 8.30. The third-order valence-electron chi connectivity index (χ3n) is 3.65. The second-order valence-electron chi connectivity index (χ2n) is 6.93. The summed E-state index contributed by atoms with van der Waals surface area (Å²) in [4.78, 5) is 21.2. The minimum Gasteiger partial charge on any atom is -0.479 e. The number of aromatic nitrogens is 3. The van der Waals surface area contributed by atoms with Crippen LogP contribution in [0.1, 0.15) is 20.8 Å². The highest BCUT2D eigenvalue weighted by atomic mass is 79.9. The van der Waals surface area contributed by atoms with Gasteiger partial charge in [0.15, 0.2) is 11.6 Å². The zero-order valence-corrected chi connectivity index (χ0v) is 17.0. The molecule has 0 unspecified atom stereocenters. The predicted octanol–water partition coefficient (Wildman–Crippen LogP) is 4.35. The number of nitrogens with zero attached hydrogens (tertiary/aromatic N) is 3. The zero-order chi connectivity index (χ0) is 19.8. The van der Waals surface area contributed by atoms with Crippen molar-refractivity contribution in [2.75, 3.05) is 7.11 Å². The summed E-state index contributed by atoms with van der Waals surface area (Å²) in [5.74, 6) is -0.685. The molecule has 0 radical (unpaired) electrons. The molecule has 0 fully saturated rings. The Morgan fingerprint density at radius 3 is 2.63 bits per heavy atom. The summed E-state index contributed by atoms with van der Waals surface area (Å²) in [5.41, 5.74) is 1.20. The van der Waals surface area contributed by atoms with E-state index in [1.807, 2.05) is 18.2 Å². The van der Waals surface area contributed by atoms with Gasteiger partial charge in [-0.25, -0.2) is 14.4 Å². The van der Waals surface area contributed by atoms with Crippen LogP contribution in [0.4, 0.5) is 4.39 Å². The van der Waals surface area contributed by atoms with E-state index in [1.54, 1.807) is 25.3 Å². The fraction of sp³-hybridized carbons (Fsp3) is 0.316. The van der Waals surface area contributed by atoms with Crippen LogP contribution in [0.25, 0.3) is 22.6 Å². The van der Waals surface area contributed by atoms with Gasteiger partial charge in [0.25, 0.3) is 5.88 Å². The molecule has 0 saturated heterocycles. The highest BCUT2D eigenvalue weighted by Gasteiger charge is 2.21. The van der Waals surface area contributed by atoms with Crippen molar-refractivity contribution >= 4 is 32.9 Å². The first-order valence-electron chi connectivity index (χ1n) is 8.26. The summed E-state index contributed by atoms with van der Waals surface area (Å²) in [5, 5.41) is 0. The number of carbonyl (C=O) groups excluding carboxylic acids is 1. The van der Waals surface area contributed by atoms with Crippen molar-refractivity contribution in [1.29, 1.82) is 0 Å². The Labute approximate surface area is 164 Å². The smallest absolute Gasteiger partial charge is 0.326 e. The van der Waals surface area contributed by atoms with Crippen LogP contribution < -0.4 is 4.74 Å². The summed E-state index contributed by atoms with van der Waals surface area (Å²) in [7, 11) is 1.34. The molecule has 8 heteroatoms. The van der Waals surface area contributed by atoms with E-state index in [2.05, 4.69) is 25.9 Å². The van der Waals surface area contributed by atoms with E-state index in [0.29, 0.717) is 17.0 Å². The highest BCUT2D eigenvalue weighted by Crippen LogP contribution is 2.28. The first-order valence-corrected chi connectivity index (χ1v) is 9.06. The van der Waals surface area contributed by atoms with Gasteiger partial charge in [-0.15, -0.1) is 0 Å². The van der Waals surface area contributed by atoms with Crippen LogP contribution in [0, 0.1) is 5.82 Å². The molecular weight excluding hydrogens is 417 g/mol. The first-order chi connectivity index (χ1) is 12.7. The minimum atomic E-state index is -0.603. The number of ether oxygens (including phenoxy) is 2. The number of hydrogen-bond donors (Lipinski definition) is 0. The molecule has 0 spiro atoms. The molecule has 0 bridgehead atoms. The summed E-state index contributed by atoms with van der Waals surface area (Å²) in [6.45, 7) is 5.37. The molecule has 2 aromatic heterocycles. The molecule has 2 heterocycles. The van der Waals surface area contributed by atoms with Gasteiger partial charge in [0.1, 0.15) is 17.8 Å². The Balaban J connectivity index is 2.12. The predicted molar refractivity (Wildman–Crippen MR) is 103 cm³/mol. The molecule has 0 amide bonds. The Hall–Kier alpha value is -2.48. The Morgan fingerprint density at radius 1 is 1.22 bits per heavy atom. The summed E-state index contributed by atoms with van der Waals surface area (Å²) < 4.78 is 26.7. The molecule has 0 atom stereocenters. The SMILES string of the molecule is COc1nc(-c2nc3cc(Br)ccc3n2CC(=O)OC(C)(C)C)ccc1F. The second kappa shape index (κ2) is 7.26. The maximum Gasteiger partial charge on any atom is 0.326 e. The molecule has 1 aromatic carbocycles. The molecule has 3 aromatic rings. The van der Waals surface area contributed by atoms with Crippen LogP contribution in [0.3, 0.4) is 0 Å². The third kappa shape index (κ3) is 4.27. The van der Waals surface area contributed by atoms with Crippen LogP contribution in [-0.4, -0.2) is 33.2 Å². The van der Waals surface area contributed by atoms with Crippen LogP contribution in [0.2, 0.25) is 0 Å². The van der Waals surface area contributed by atoms with E-state index < -0.39 is 17.4 Å². The van der Waals surface area contributed by atoms with Crippen molar-refractivity contribution < 1.29 is 18.7 Å². The van der Waals surface area contributed by atoms with Gasteiger partial charge in [0.05, 0.1) is 18.1 Å². The number of benzene rings is 1. The molecule has 6 nitrogen and oxygen atoms in total. The maximum absolute atomic E-state index is 13.7. The monoisotopic (exact) mass is 435 g/mol. The summed E-state index contributed by atoms with van der Waals surface area (Å²) in [6.07, 6.45) is 0. The number of esters is 1. The topological polar surface area (TPSA) is 66.2 Å². The van der Waals surface area contributed by atoms with Crippen molar-refractivity contribution in [3.63, 3.8) is 0 Å². The number of rotatable bonds is 4. The van der Waals surface area contributed by atoms with E-state index in [9.17, 15) is 9.18 Å². The van der Waals surface area contributed by atoms with Crippen LogP contribution in [0.5, 0.6) is 5.88 Å². The number of halogens is 2. The van der Waals surface area contributed by atoms with E-state index in [0.717, 1.165) is 9.99 Å². The molecule has 27 heavy (non-hydrogen) atoms. The molecule has 142 valence electrons. The average molecular weight is 436 g/mol. The number of fused-ring (bicyclic) bond motifs is 1. The lowest BCUT2D eigenvalue weighted by molar-refractivity contribution is -0.155. The molecule has 0 aliphatic carbocycles. The lowest BCUT2D eigenvalue weighted by Crippen LogP contribution is -2.26. The zero-order valence-electron chi connectivity index (χ0n) is 15.4. The number of methoxy groups -OCH3 is 1. The molecule has 0 saturated carbocycles. The highest BCUT2D eigenvalue weighted by molar-refractivity contribution is 9.10. The Bertz CT molecular complexity index is 1010. The van der Waals surface area contributed by atoms with Crippen molar-refractivity contribution in [2.45, 2.75) is 32.9 Å². The normalized spacial score (nSPS) is 11.6. The maximum atomic E-state index is 13.7. The number of hydrogen-bond acceptors (Lipinski definition) is 5. The number of pyridine rings is 1. The van der Waals surface area contributed by atoms with Gasteiger partial charge in [-0.3, -0.25) is 4.79 Å². The largest absolute Gasteiger partial charge is 0.479 e. The number of imidazole rings is 1. The minimum absolute atomic E-state index is 0.0495. The summed E-state index contributed by atoms with van der Waals surface area (Å²) >= 11 is 3.42. The van der Waals surface area contributed by atoms with Crippen LogP contribution in [-0.2, 0) is 16.1 Å². The van der Waals surface area contributed by atoms with E-state index in [4.69, 9.17) is 9.47 Å².